The number of hydrogen-bond acceptors (Lipinski definition) is 1. The summed E-state index contributed by atoms with van der Waals surface area (Å²) in [5.41, 5.74) is 12.1. The van der Waals surface area contributed by atoms with E-state index in [9.17, 15) is 0 Å². The maximum atomic E-state index is 2.50. The molecule has 3 heteroatoms. The van der Waals surface area contributed by atoms with Crippen LogP contribution in [0.3, 0.4) is 0 Å². The van der Waals surface area contributed by atoms with Crippen LogP contribution in [0.15, 0.2) is 194 Å². The predicted molar refractivity (Wildman–Crippen MR) is 236 cm³/mol. The second-order valence-electron chi connectivity index (χ2n) is 14.5. The zero-order chi connectivity index (χ0) is 36.0. The van der Waals surface area contributed by atoms with Crippen molar-refractivity contribution in [3.8, 4) is 33.6 Å². The zero-order valence-electron chi connectivity index (χ0n) is 29.8. The molecule has 0 aliphatic heterocycles. The highest BCUT2D eigenvalue weighted by atomic mass is 32.1. The molecule has 256 valence electrons. The minimum atomic E-state index is 1.18. The third kappa shape index (κ3) is 4.54. The lowest BCUT2D eigenvalue weighted by Crippen LogP contribution is -1.97. The van der Waals surface area contributed by atoms with E-state index in [1.165, 1.54) is 108 Å². The largest absolute Gasteiger partial charge is 0.309 e. The van der Waals surface area contributed by atoms with Crippen LogP contribution in [0.1, 0.15) is 0 Å². The van der Waals surface area contributed by atoms with Crippen LogP contribution in [-0.2, 0) is 0 Å². The molecule has 55 heavy (non-hydrogen) atoms. The molecule has 0 aliphatic carbocycles. The summed E-state index contributed by atoms with van der Waals surface area (Å²) in [7, 11) is 0. The summed E-state index contributed by atoms with van der Waals surface area (Å²) < 4.78 is 7.57. The molecule has 0 amide bonds. The highest BCUT2D eigenvalue weighted by Crippen LogP contribution is 2.43. The van der Waals surface area contributed by atoms with E-state index in [1.54, 1.807) is 0 Å². The van der Waals surface area contributed by atoms with E-state index in [-0.39, 0.29) is 0 Å². The average molecular weight is 717 g/mol. The van der Waals surface area contributed by atoms with Crippen molar-refractivity contribution in [2.45, 2.75) is 0 Å². The molecular weight excluding hydrogens is 685 g/mol. The standard InChI is InChI=1S/C52H32N2S/c1-2-13-33(14-3-1)38-17-6-9-21-45(38)53-46-22-10-7-18-39(46)42-30-36(25-27-47(42)53)37-26-28-48-43(31-37)44-29-34-15-4-5-16-35(34)32-50(44)54(48)49-23-12-20-41-40-19-8-11-24-51(40)55-52(41)49/h1-32H. The van der Waals surface area contributed by atoms with E-state index >= 15 is 0 Å². The molecule has 12 aromatic rings. The number of benzene rings is 9. The lowest BCUT2D eigenvalue weighted by atomic mass is 10.00. The van der Waals surface area contributed by atoms with Gasteiger partial charge in [-0.2, -0.15) is 0 Å². The second-order valence-corrected chi connectivity index (χ2v) is 15.6. The maximum absolute atomic E-state index is 2.50. The van der Waals surface area contributed by atoms with Gasteiger partial charge >= 0.3 is 0 Å². The molecule has 0 fully saturated rings. The molecular formula is C52H32N2S. The molecule has 0 unspecified atom stereocenters. The van der Waals surface area contributed by atoms with Crippen LogP contribution in [0, 0.1) is 0 Å². The number of hydrogen-bond donors (Lipinski definition) is 0. The van der Waals surface area contributed by atoms with Gasteiger partial charge in [0, 0.05) is 42.6 Å². The van der Waals surface area contributed by atoms with Crippen molar-refractivity contribution >= 4 is 85.9 Å². The maximum Gasteiger partial charge on any atom is 0.0640 e. The van der Waals surface area contributed by atoms with Crippen LogP contribution in [-0.4, -0.2) is 9.13 Å². The Morgan fingerprint density at radius 3 is 1.69 bits per heavy atom. The number of aromatic nitrogens is 2. The Labute approximate surface area is 321 Å². The van der Waals surface area contributed by atoms with E-state index in [1.807, 2.05) is 11.3 Å². The smallest absolute Gasteiger partial charge is 0.0640 e. The fourth-order valence-electron chi connectivity index (χ4n) is 9.00. The zero-order valence-corrected chi connectivity index (χ0v) is 30.6. The van der Waals surface area contributed by atoms with Crippen molar-refractivity contribution in [3.63, 3.8) is 0 Å². The molecule has 0 saturated carbocycles. The van der Waals surface area contributed by atoms with Gasteiger partial charge in [-0.25, -0.2) is 0 Å². The molecule has 0 atom stereocenters. The van der Waals surface area contributed by atoms with Crippen LogP contribution in [0.4, 0.5) is 0 Å². The summed E-state index contributed by atoms with van der Waals surface area (Å²) in [6, 6.07) is 71.4. The van der Waals surface area contributed by atoms with E-state index in [0.717, 1.165) is 0 Å². The minimum absolute atomic E-state index is 1.18. The van der Waals surface area contributed by atoms with Crippen LogP contribution in [0.2, 0.25) is 0 Å². The molecule has 0 N–H and O–H groups in total. The van der Waals surface area contributed by atoms with Gasteiger partial charge in [-0.05, 0) is 88.1 Å². The Balaban J connectivity index is 1.09. The van der Waals surface area contributed by atoms with Crippen molar-refractivity contribution in [2.75, 3.05) is 0 Å². The number of nitrogens with zero attached hydrogens (tertiary/aromatic N) is 2. The number of thiophene rings is 1. The molecule has 2 nitrogen and oxygen atoms in total. The Morgan fingerprint density at radius 2 is 0.873 bits per heavy atom. The van der Waals surface area contributed by atoms with Gasteiger partial charge in [-0.1, -0.05) is 133 Å². The highest BCUT2D eigenvalue weighted by Gasteiger charge is 2.20. The fourth-order valence-corrected chi connectivity index (χ4v) is 10.2. The van der Waals surface area contributed by atoms with Crippen LogP contribution in [0.25, 0.3) is 108 Å². The molecule has 3 aromatic heterocycles. The molecule has 0 spiro atoms. The van der Waals surface area contributed by atoms with Gasteiger partial charge in [0.25, 0.3) is 0 Å². The summed E-state index contributed by atoms with van der Waals surface area (Å²) >= 11 is 1.89. The van der Waals surface area contributed by atoms with Gasteiger partial charge in [-0.15, -0.1) is 11.3 Å². The van der Waals surface area contributed by atoms with Crippen molar-refractivity contribution in [1.82, 2.24) is 9.13 Å². The van der Waals surface area contributed by atoms with Crippen molar-refractivity contribution in [3.05, 3.63) is 194 Å². The lowest BCUT2D eigenvalue weighted by molar-refractivity contribution is 1.18. The molecule has 0 saturated heterocycles. The Bertz CT molecular complexity index is 3490. The third-order valence-electron chi connectivity index (χ3n) is 11.5. The number of rotatable bonds is 4. The fraction of sp³-hybridized carbons (Fsp3) is 0. The monoisotopic (exact) mass is 716 g/mol. The Hall–Kier alpha value is -6.94. The first-order chi connectivity index (χ1) is 27.3. The lowest BCUT2D eigenvalue weighted by Gasteiger charge is -2.14. The molecule has 0 aliphatic rings. The van der Waals surface area contributed by atoms with Gasteiger partial charge in [-0.3, -0.25) is 0 Å². The number of fused-ring (bicyclic) bond motifs is 10. The normalized spacial score (nSPS) is 12.0. The molecule has 0 radical (unpaired) electrons. The van der Waals surface area contributed by atoms with Crippen LogP contribution < -0.4 is 0 Å². The van der Waals surface area contributed by atoms with Gasteiger partial charge in [0.15, 0.2) is 0 Å². The molecule has 9 aromatic carbocycles. The van der Waals surface area contributed by atoms with Gasteiger partial charge in [0.05, 0.1) is 38.1 Å². The van der Waals surface area contributed by atoms with Gasteiger partial charge < -0.3 is 9.13 Å². The third-order valence-corrected chi connectivity index (χ3v) is 12.7. The van der Waals surface area contributed by atoms with E-state index in [0.29, 0.717) is 0 Å². The summed E-state index contributed by atoms with van der Waals surface area (Å²) in [5, 5.41) is 10.2. The van der Waals surface area contributed by atoms with Crippen LogP contribution >= 0.6 is 11.3 Å². The van der Waals surface area contributed by atoms with E-state index < -0.39 is 0 Å². The minimum Gasteiger partial charge on any atom is -0.309 e. The first-order valence-electron chi connectivity index (χ1n) is 18.8. The highest BCUT2D eigenvalue weighted by molar-refractivity contribution is 7.26. The number of para-hydroxylation sites is 2. The Morgan fingerprint density at radius 1 is 0.309 bits per heavy atom. The summed E-state index contributed by atoms with van der Waals surface area (Å²) in [6.45, 7) is 0. The van der Waals surface area contributed by atoms with E-state index in [4.69, 9.17) is 0 Å². The first-order valence-corrected chi connectivity index (χ1v) is 19.7. The summed E-state index contributed by atoms with van der Waals surface area (Å²) in [6.07, 6.45) is 0. The van der Waals surface area contributed by atoms with Gasteiger partial charge in [0.1, 0.15) is 0 Å². The van der Waals surface area contributed by atoms with Crippen molar-refractivity contribution in [2.24, 2.45) is 0 Å². The van der Waals surface area contributed by atoms with Crippen LogP contribution in [0.5, 0.6) is 0 Å². The second kappa shape index (κ2) is 11.8. The predicted octanol–water partition coefficient (Wildman–Crippen LogP) is 14.7. The van der Waals surface area contributed by atoms with Crippen molar-refractivity contribution < 1.29 is 0 Å². The van der Waals surface area contributed by atoms with E-state index in [2.05, 4.69) is 203 Å². The first kappa shape index (κ1) is 30.5. The van der Waals surface area contributed by atoms with Gasteiger partial charge in [0.2, 0.25) is 0 Å². The molecule has 3 heterocycles. The quantitative estimate of drug-likeness (QED) is 0.172. The average Bonchev–Trinajstić information content (AvgIpc) is 3.90. The SMILES string of the molecule is c1ccc(-c2ccccc2-n2c3ccccc3c3cc(-c4ccc5c(c4)c4cc6ccccc6cc4n5-c4cccc5c4sc4ccccc45)ccc32)cc1. The summed E-state index contributed by atoms with van der Waals surface area (Å²) in [5.74, 6) is 0. The Kier molecular flexibility index (Phi) is 6.54. The molecule has 12 rings (SSSR count). The summed E-state index contributed by atoms with van der Waals surface area (Å²) in [4.78, 5) is 0. The molecule has 0 bridgehead atoms. The topological polar surface area (TPSA) is 9.86 Å². The van der Waals surface area contributed by atoms with Crippen molar-refractivity contribution in [1.29, 1.82) is 0 Å².